The topological polar surface area (TPSA) is 307 Å². The van der Waals surface area contributed by atoms with E-state index in [0.29, 0.717) is 6.42 Å². The maximum Gasteiger partial charge on any atom is 0.217 e. The lowest BCUT2D eigenvalue weighted by Gasteiger charge is -2.48. The molecule has 0 saturated carbocycles. The van der Waals surface area contributed by atoms with Gasteiger partial charge in [0.2, 0.25) is 5.91 Å². The second-order valence-corrected chi connectivity index (χ2v) is 14.1. The van der Waals surface area contributed by atoms with Crippen molar-refractivity contribution >= 4 is 5.91 Å². The van der Waals surface area contributed by atoms with Gasteiger partial charge in [-0.1, -0.05) is 64.7 Å². The lowest BCUT2D eigenvalue weighted by Crippen LogP contribution is -2.66. The molecule has 3 heterocycles. The minimum Gasteiger partial charge on any atom is -0.394 e. The van der Waals surface area contributed by atoms with Crippen LogP contribution in [0.1, 0.15) is 78.1 Å². The molecule has 3 aliphatic heterocycles. The van der Waals surface area contributed by atoms with Gasteiger partial charge in [0, 0.05) is 6.92 Å². The van der Waals surface area contributed by atoms with Gasteiger partial charge in [0.25, 0.3) is 0 Å². The zero-order valence-corrected chi connectivity index (χ0v) is 30.5. The number of carbonyl (C=O) groups excluding carboxylic acids is 1. The third-order valence-corrected chi connectivity index (χ3v) is 9.97. The average molecular weight is 774 g/mol. The fourth-order valence-electron chi connectivity index (χ4n) is 6.75. The number of hydrogen-bond acceptors (Lipinski definition) is 18. The summed E-state index contributed by atoms with van der Waals surface area (Å²) in [4.78, 5) is 11.9. The predicted octanol–water partition coefficient (Wildman–Crippen LogP) is -3.76. The molecule has 17 unspecified atom stereocenters. The molecule has 312 valence electrons. The summed E-state index contributed by atoms with van der Waals surface area (Å²) in [6, 6.07) is -0.878. The van der Waals surface area contributed by atoms with Gasteiger partial charge in [0.15, 0.2) is 18.9 Å². The molecular weight excluding hydrogens is 710 g/mol. The molecule has 0 aromatic rings. The number of aliphatic hydroxyl groups is 11. The van der Waals surface area contributed by atoms with Crippen molar-refractivity contribution < 1.29 is 89.4 Å². The monoisotopic (exact) mass is 773 g/mol. The van der Waals surface area contributed by atoms with E-state index in [-0.39, 0.29) is 6.61 Å². The van der Waals surface area contributed by atoms with E-state index in [1.54, 1.807) is 0 Å². The van der Waals surface area contributed by atoms with Crippen molar-refractivity contribution in [2.45, 2.75) is 182 Å². The summed E-state index contributed by atoms with van der Waals surface area (Å²) in [6.07, 6.45) is -16.2. The van der Waals surface area contributed by atoms with E-state index >= 15 is 0 Å². The van der Waals surface area contributed by atoms with Gasteiger partial charge in [-0.25, -0.2) is 0 Å². The molecule has 0 radical (unpaired) electrons. The van der Waals surface area contributed by atoms with Crippen molar-refractivity contribution in [3.63, 3.8) is 0 Å². The second-order valence-electron chi connectivity index (χ2n) is 14.1. The van der Waals surface area contributed by atoms with Gasteiger partial charge in [-0.15, -0.1) is 0 Å². The number of aliphatic hydroxyl groups excluding tert-OH is 11. The summed E-state index contributed by atoms with van der Waals surface area (Å²) < 4.78 is 33.5. The van der Waals surface area contributed by atoms with Crippen LogP contribution < -0.4 is 5.32 Å². The van der Waals surface area contributed by atoms with Gasteiger partial charge in [-0.2, -0.15) is 0 Å². The van der Waals surface area contributed by atoms with Crippen LogP contribution in [0.25, 0.3) is 0 Å². The van der Waals surface area contributed by atoms with Crippen molar-refractivity contribution in [3.8, 4) is 0 Å². The fourth-order valence-corrected chi connectivity index (χ4v) is 6.75. The van der Waals surface area contributed by atoms with Gasteiger partial charge in [-0.3, -0.25) is 4.79 Å². The van der Waals surface area contributed by atoms with E-state index in [9.17, 15) is 61.0 Å². The highest BCUT2D eigenvalue weighted by Crippen LogP contribution is 2.32. The minimum absolute atomic E-state index is 0.319. The van der Waals surface area contributed by atoms with E-state index in [1.165, 1.54) is 39.0 Å². The third-order valence-electron chi connectivity index (χ3n) is 9.97. The van der Waals surface area contributed by atoms with Crippen molar-refractivity contribution in [2.75, 3.05) is 26.4 Å². The van der Waals surface area contributed by atoms with Crippen molar-refractivity contribution in [2.24, 2.45) is 0 Å². The Balaban J connectivity index is 1.56. The average Bonchev–Trinajstić information content (AvgIpc) is 3.14. The van der Waals surface area contributed by atoms with E-state index < -0.39 is 130 Å². The van der Waals surface area contributed by atoms with Crippen molar-refractivity contribution in [3.05, 3.63) is 0 Å². The number of rotatable bonds is 22. The molecule has 0 aromatic heterocycles. The molecule has 0 spiro atoms. The summed E-state index contributed by atoms with van der Waals surface area (Å²) >= 11 is 0. The zero-order chi connectivity index (χ0) is 39.2. The number of hydrogen-bond donors (Lipinski definition) is 12. The maximum atomic E-state index is 11.9. The first-order valence-corrected chi connectivity index (χ1v) is 18.7. The Hall–Kier alpha value is -1.21. The van der Waals surface area contributed by atoms with Gasteiger partial charge in [0.1, 0.15) is 73.2 Å². The van der Waals surface area contributed by atoms with Crippen molar-refractivity contribution in [1.29, 1.82) is 0 Å². The first kappa shape index (κ1) is 46.2. The van der Waals surface area contributed by atoms with Crippen LogP contribution >= 0.6 is 0 Å². The Kier molecular flexibility index (Phi) is 20.1. The second kappa shape index (κ2) is 23.1. The standard InChI is InChI=1S/C34H63NO18/c1-3-4-5-6-7-8-9-10-11-12-19(40)18(35-17(2)39)16-48-32-28(46)25(43)30(21(14-37)50-32)53-34-29(47)26(44)31(22(15-38)51-34)52-33-27(45)24(42)23(41)20(13-36)49-33/h18-34,36-38,40-47H,3-16H2,1-2H3,(H,35,39). The highest BCUT2D eigenvalue weighted by atomic mass is 16.8. The number of nitrogens with one attached hydrogen (secondary N) is 1. The molecule has 0 bridgehead atoms. The van der Waals surface area contributed by atoms with Gasteiger partial charge in [-0.05, 0) is 6.42 Å². The highest BCUT2D eigenvalue weighted by molar-refractivity contribution is 5.73. The summed E-state index contributed by atoms with van der Waals surface area (Å²) in [5.74, 6) is -0.424. The molecule has 19 nitrogen and oxygen atoms in total. The molecule has 3 saturated heterocycles. The first-order chi connectivity index (χ1) is 25.3. The largest absolute Gasteiger partial charge is 0.394 e. The summed E-state index contributed by atoms with van der Waals surface area (Å²) in [5.41, 5.74) is 0. The van der Waals surface area contributed by atoms with Crippen LogP contribution in [0, 0.1) is 0 Å². The number of unbranched alkanes of at least 4 members (excludes halogenated alkanes) is 8. The Labute approximate surface area is 309 Å². The summed E-state index contributed by atoms with van der Waals surface area (Å²) in [6.45, 7) is 0.736. The SMILES string of the molecule is CCCCCCCCCCCC(O)C(COC1OC(CO)C(OC2OC(CO)C(OC3OC(CO)C(O)C(O)C3O)C(O)C2O)C(O)C1O)NC(C)=O. The lowest BCUT2D eigenvalue weighted by molar-refractivity contribution is -0.379. The Morgan fingerprint density at radius 3 is 1.53 bits per heavy atom. The Bertz CT molecular complexity index is 1030. The molecule has 12 N–H and O–H groups in total. The zero-order valence-electron chi connectivity index (χ0n) is 30.5. The third kappa shape index (κ3) is 12.9. The molecular formula is C34H63NO18. The quantitative estimate of drug-likeness (QED) is 0.0470. The molecule has 3 fully saturated rings. The van der Waals surface area contributed by atoms with Gasteiger partial charge < -0.3 is 89.9 Å². The van der Waals surface area contributed by atoms with Crippen LogP contribution in [-0.4, -0.2) is 193 Å². The fraction of sp³-hybridized carbons (Fsp3) is 0.971. The van der Waals surface area contributed by atoms with Crippen LogP contribution in [-0.2, 0) is 33.2 Å². The summed E-state index contributed by atoms with van der Waals surface area (Å²) in [5, 5.41) is 117. The van der Waals surface area contributed by atoms with Crippen LogP contribution in [0.4, 0.5) is 0 Å². The molecule has 19 heteroatoms. The maximum absolute atomic E-state index is 11.9. The van der Waals surface area contributed by atoms with Crippen LogP contribution in [0.3, 0.4) is 0 Å². The first-order valence-electron chi connectivity index (χ1n) is 18.7. The number of amides is 1. The van der Waals surface area contributed by atoms with Crippen LogP contribution in [0.2, 0.25) is 0 Å². The van der Waals surface area contributed by atoms with Crippen molar-refractivity contribution in [1.82, 2.24) is 5.32 Å². The molecule has 1 amide bonds. The highest BCUT2D eigenvalue weighted by Gasteiger charge is 2.53. The number of ether oxygens (including phenoxy) is 6. The van der Waals surface area contributed by atoms with Gasteiger partial charge in [0.05, 0.1) is 38.6 Å². The van der Waals surface area contributed by atoms with E-state index in [1.807, 2.05) is 0 Å². The van der Waals surface area contributed by atoms with E-state index in [4.69, 9.17) is 28.4 Å². The predicted molar refractivity (Wildman–Crippen MR) is 180 cm³/mol. The normalized spacial score (nSPS) is 39.1. The number of carbonyl (C=O) groups is 1. The molecule has 53 heavy (non-hydrogen) atoms. The molecule has 3 rings (SSSR count). The van der Waals surface area contributed by atoms with E-state index in [2.05, 4.69) is 12.2 Å². The minimum atomic E-state index is -1.96. The van der Waals surface area contributed by atoms with Crippen LogP contribution in [0.15, 0.2) is 0 Å². The lowest BCUT2D eigenvalue weighted by atomic mass is 9.96. The smallest absolute Gasteiger partial charge is 0.217 e. The van der Waals surface area contributed by atoms with Gasteiger partial charge >= 0.3 is 0 Å². The van der Waals surface area contributed by atoms with E-state index in [0.717, 1.165) is 25.7 Å². The molecule has 0 aromatic carbocycles. The summed E-state index contributed by atoms with van der Waals surface area (Å²) in [7, 11) is 0. The molecule has 3 aliphatic rings. The van der Waals surface area contributed by atoms with Crippen LogP contribution in [0.5, 0.6) is 0 Å². The molecule has 0 aliphatic carbocycles. The Morgan fingerprint density at radius 2 is 1.04 bits per heavy atom. The molecule has 17 atom stereocenters. The Morgan fingerprint density at radius 1 is 0.604 bits per heavy atom.